The average molecular weight is 321 g/mol. The van der Waals surface area contributed by atoms with Crippen LogP contribution in [0.4, 0.5) is 0 Å². The SMILES string of the molecule is O=S(=O)(Cc1ccccc1)NCc1sccc1C#CCO. The highest BCUT2D eigenvalue weighted by Gasteiger charge is 2.12. The van der Waals surface area contributed by atoms with Crippen molar-refractivity contribution in [3.05, 3.63) is 57.8 Å². The number of aliphatic hydroxyl groups is 1. The van der Waals surface area contributed by atoms with Crippen molar-refractivity contribution < 1.29 is 13.5 Å². The minimum absolute atomic E-state index is 0.0448. The second-order valence-electron chi connectivity index (χ2n) is 4.28. The molecule has 2 N–H and O–H groups in total. The maximum atomic E-state index is 12.0. The Balaban J connectivity index is 2.01. The molecule has 2 aromatic rings. The minimum Gasteiger partial charge on any atom is -0.384 e. The van der Waals surface area contributed by atoms with Gasteiger partial charge in [-0.2, -0.15) is 0 Å². The number of aliphatic hydroxyl groups excluding tert-OH is 1. The third-order valence-corrected chi connectivity index (χ3v) is 4.92. The van der Waals surface area contributed by atoms with Crippen LogP contribution in [-0.2, 0) is 22.3 Å². The summed E-state index contributed by atoms with van der Waals surface area (Å²) in [7, 11) is -3.39. The van der Waals surface area contributed by atoms with Gasteiger partial charge in [-0.15, -0.1) is 11.3 Å². The molecule has 0 aliphatic rings. The molecule has 21 heavy (non-hydrogen) atoms. The molecule has 0 saturated heterocycles. The lowest BCUT2D eigenvalue weighted by Gasteiger charge is -2.06. The summed E-state index contributed by atoms with van der Waals surface area (Å²) >= 11 is 1.44. The fourth-order valence-electron chi connectivity index (χ4n) is 1.74. The van der Waals surface area contributed by atoms with Gasteiger partial charge >= 0.3 is 0 Å². The highest BCUT2D eigenvalue weighted by Crippen LogP contribution is 2.16. The van der Waals surface area contributed by atoms with Crippen molar-refractivity contribution in [2.45, 2.75) is 12.3 Å². The normalized spacial score (nSPS) is 10.9. The molecule has 0 atom stereocenters. The van der Waals surface area contributed by atoms with Crippen molar-refractivity contribution in [3.8, 4) is 11.8 Å². The van der Waals surface area contributed by atoms with Gasteiger partial charge in [-0.3, -0.25) is 0 Å². The van der Waals surface area contributed by atoms with Gasteiger partial charge in [0.15, 0.2) is 0 Å². The van der Waals surface area contributed by atoms with Gasteiger partial charge < -0.3 is 5.11 Å². The van der Waals surface area contributed by atoms with Gasteiger partial charge in [0.2, 0.25) is 10.0 Å². The highest BCUT2D eigenvalue weighted by molar-refractivity contribution is 7.88. The van der Waals surface area contributed by atoms with Crippen molar-refractivity contribution >= 4 is 21.4 Å². The van der Waals surface area contributed by atoms with E-state index in [1.165, 1.54) is 11.3 Å². The molecule has 0 unspecified atom stereocenters. The molecular weight excluding hydrogens is 306 g/mol. The first-order valence-electron chi connectivity index (χ1n) is 6.28. The second-order valence-corrected chi connectivity index (χ2v) is 7.09. The number of rotatable bonds is 5. The Kier molecular flexibility index (Phi) is 5.53. The van der Waals surface area contributed by atoms with Gasteiger partial charge in [0.1, 0.15) is 6.61 Å². The van der Waals surface area contributed by atoms with Crippen LogP contribution < -0.4 is 4.72 Å². The molecular formula is C15H15NO3S2. The first-order valence-corrected chi connectivity index (χ1v) is 8.81. The van der Waals surface area contributed by atoms with Crippen molar-refractivity contribution in [3.63, 3.8) is 0 Å². The topological polar surface area (TPSA) is 66.4 Å². The summed E-state index contributed by atoms with van der Waals surface area (Å²) in [6.07, 6.45) is 0. The molecule has 0 aliphatic carbocycles. The molecule has 0 saturated carbocycles. The van der Waals surface area contributed by atoms with E-state index in [1.807, 2.05) is 29.6 Å². The zero-order valence-corrected chi connectivity index (χ0v) is 12.9. The van der Waals surface area contributed by atoms with Crippen molar-refractivity contribution in [2.75, 3.05) is 6.61 Å². The van der Waals surface area contributed by atoms with Gasteiger partial charge in [0.05, 0.1) is 5.75 Å². The van der Waals surface area contributed by atoms with Crippen LogP contribution in [-0.4, -0.2) is 20.1 Å². The van der Waals surface area contributed by atoms with Gasteiger partial charge in [-0.1, -0.05) is 42.2 Å². The summed E-state index contributed by atoms with van der Waals surface area (Å²) in [5.74, 6) is 5.32. The lowest BCUT2D eigenvalue weighted by molar-refractivity contribution is 0.350. The number of hydrogen-bond donors (Lipinski definition) is 2. The summed E-state index contributed by atoms with van der Waals surface area (Å²) in [4.78, 5) is 0.840. The smallest absolute Gasteiger partial charge is 0.216 e. The molecule has 1 aromatic carbocycles. The van der Waals surface area contributed by atoms with Gasteiger partial charge in [0, 0.05) is 17.0 Å². The Morgan fingerprint density at radius 1 is 1.19 bits per heavy atom. The van der Waals surface area contributed by atoms with E-state index in [0.29, 0.717) is 0 Å². The molecule has 0 bridgehead atoms. The van der Waals surface area contributed by atoms with E-state index in [4.69, 9.17) is 5.11 Å². The fourth-order valence-corrected chi connectivity index (χ4v) is 3.70. The van der Waals surface area contributed by atoms with Crippen LogP contribution in [0.25, 0.3) is 0 Å². The summed E-state index contributed by atoms with van der Waals surface area (Å²) in [6.45, 7) is -0.00268. The predicted molar refractivity (Wildman–Crippen MR) is 84.2 cm³/mol. The van der Waals surface area contributed by atoms with E-state index in [0.717, 1.165) is 16.0 Å². The molecule has 0 fully saturated rings. The molecule has 1 aromatic heterocycles. The Morgan fingerprint density at radius 2 is 1.95 bits per heavy atom. The van der Waals surface area contributed by atoms with E-state index in [1.54, 1.807) is 12.1 Å². The van der Waals surface area contributed by atoms with E-state index in [-0.39, 0.29) is 18.9 Å². The molecule has 0 radical (unpaired) electrons. The molecule has 110 valence electrons. The summed E-state index contributed by atoms with van der Waals surface area (Å²) in [5, 5.41) is 10.5. The lowest BCUT2D eigenvalue weighted by Crippen LogP contribution is -2.24. The van der Waals surface area contributed by atoms with Crippen LogP contribution in [0.5, 0.6) is 0 Å². The number of hydrogen-bond acceptors (Lipinski definition) is 4. The summed E-state index contributed by atoms with van der Waals surface area (Å²) in [5.41, 5.74) is 1.49. The number of thiophene rings is 1. The number of benzene rings is 1. The number of sulfonamides is 1. The average Bonchev–Trinajstić information content (AvgIpc) is 2.91. The maximum absolute atomic E-state index is 12.0. The molecule has 0 aliphatic heterocycles. The van der Waals surface area contributed by atoms with Crippen LogP contribution in [0, 0.1) is 11.8 Å². The molecule has 4 nitrogen and oxygen atoms in total. The Labute approximate surface area is 128 Å². The van der Waals surface area contributed by atoms with E-state index >= 15 is 0 Å². The van der Waals surface area contributed by atoms with E-state index in [9.17, 15) is 8.42 Å². The van der Waals surface area contributed by atoms with Gasteiger partial charge in [0.25, 0.3) is 0 Å². The molecule has 1 heterocycles. The van der Waals surface area contributed by atoms with Crippen LogP contribution in [0.2, 0.25) is 0 Å². The van der Waals surface area contributed by atoms with Crippen molar-refractivity contribution in [1.82, 2.24) is 4.72 Å². The van der Waals surface area contributed by atoms with Crippen LogP contribution >= 0.6 is 11.3 Å². The zero-order chi connectivity index (χ0) is 15.1. The standard InChI is InChI=1S/C15H15NO3S2/c17-9-4-7-14-8-10-20-15(14)11-16-21(18,19)12-13-5-2-1-3-6-13/h1-3,5-6,8,10,16-17H,9,11-12H2. The predicted octanol–water partition coefficient (Wildman–Crippen LogP) is 1.71. The fraction of sp³-hybridized carbons (Fsp3) is 0.200. The van der Waals surface area contributed by atoms with Gasteiger partial charge in [-0.25, -0.2) is 13.1 Å². The lowest BCUT2D eigenvalue weighted by atomic mass is 10.2. The molecule has 2 rings (SSSR count). The maximum Gasteiger partial charge on any atom is 0.216 e. The largest absolute Gasteiger partial charge is 0.384 e. The third-order valence-electron chi connectivity index (χ3n) is 2.70. The quantitative estimate of drug-likeness (QED) is 0.824. The van der Waals surface area contributed by atoms with E-state index < -0.39 is 10.0 Å². The van der Waals surface area contributed by atoms with Crippen LogP contribution in [0.15, 0.2) is 41.8 Å². The first kappa shape index (κ1) is 15.7. The monoisotopic (exact) mass is 321 g/mol. The molecule has 0 spiro atoms. The highest BCUT2D eigenvalue weighted by atomic mass is 32.2. The first-order chi connectivity index (χ1) is 10.1. The number of nitrogens with one attached hydrogen (secondary N) is 1. The van der Waals surface area contributed by atoms with Crippen molar-refractivity contribution in [1.29, 1.82) is 0 Å². The molecule has 0 amide bonds. The van der Waals surface area contributed by atoms with E-state index in [2.05, 4.69) is 16.6 Å². The Hall–Kier alpha value is -1.65. The zero-order valence-electron chi connectivity index (χ0n) is 11.2. The van der Waals surface area contributed by atoms with Crippen LogP contribution in [0.1, 0.15) is 16.0 Å². The second kappa shape index (κ2) is 7.38. The minimum atomic E-state index is -3.39. The summed E-state index contributed by atoms with van der Waals surface area (Å²) in [6, 6.07) is 10.8. The Bertz CT molecular complexity index is 740. The van der Waals surface area contributed by atoms with Crippen LogP contribution in [0.3, 0.4) is 0 Å². The Morgan fingerprint density at radius 3 is 2.67 bits per heavy atom. The molecule has 6 heteroatoms. The third kappa shape index (κ3) is 4.99. The van der Waals surface area contributed by atoms with Gasteiger partial charge in [-0.05, 0) is 17.0 Å². The van der Waals surface area contributed by atoms with Crippen molar-refractivity contribution in [2.24, 2.45) is 0 Å². The summed E-state index contributed by atoms with van der Waals surface area (Å²) < 4.78 is 26.7.